The van der Waals surface area contributed by atoms with Crippen LogP contribution in [0.25, 0.3) is 0 Å². The number of carbonyl (C=O) groups is 3. The molecule has 4 nitrogen and oxygen atoms in total. The molecule has 0 aliphatic heterocycles. The topological polar surface area (TPSA) is 71.4 Å². The summed E-state index contributed by atoms with van der Waals surface area (Å²) in [6, 6.07) is 0. The monoisotopic (exact) mass is 295 g/mol. The van der Waals surface area contributed by atoms with E-state index in [1.54, 1.807) is 0 Å². The molecule has 0 aromatic rings. The molecule has 0 aromatic carbocycles. The van der Waals surface area contributed by atoms with Crippen LogP contribution in [-0.4, -0.2) is 19.1 Å². The number of hydrogen-bond acceptors (Lipinski definition) is 3. The number of aliphatic carboxylic acids is 1. The Morgan fingerprint density at radius 3 is 1.43 bits per heavy atom. The van der Waals surface area contributed by atoms with Crippen LogP contribution in [0.1, 0.15) is 34.6 Å². The molecule has 0 saturated carbocycles. The van der Waals surface area contributed by atoms with Gasteiger partial charge in [0.05, 0.1) is 0 Å². The molecule has 0 atom stereocenters. The van der Waals surface area contributed by atoms with E-state index in [1.807, 2.05) is 20.8 Å². The summed E-state index contributed by atoms with van der Waals surface area (Å²) < 4.78 is 0.0183. The predicted molar refractivity (Wildman–Crippen MR) is 48.5 cm³/mol. The van der Waals surface area contributed by atoms with Gasteiger partial charge in [-0.15, -0.1) is 0 Å². The SMILES string of the molecule is CC(=O)O.C[C](=O)[Ag][C](=O)C(C)(C)C. The van der Waals surface area contributed by atoms with Crippen molar-refractivity contribution in [3.63, 3.8) is 0 Å². The molecule has 0 amide bonds. The van der Waals surface area contributed by atoms with Crippen LogP contribution in [0.3, 0.4) is 0 Å². The van der Waals surface area contributed by atoms with Crippen molar-refractivity contribution >= 4 is 14.0 Å². The fourth-order valence-corrected chi connectivity index (χ4v) is 1.24. The van der Waals surface area contributed by atoms with Crippen LogP contribution in [0.4, 0.5) is 0 Å². The molecule has 0 unspecified atom stereocenters. The third-order valence-corrected chi connectivity index (χ3v) is 2.68. The summed E-state index contributed by atoms with van der Waals surface area (Å²) >= 11 is -0.183. The Bertz CT molecular complexity index is 223. The molecule has 0 spiro atoms. The fraction of sp³-hybridized carbons (Fsp3) is 0.667. The number of carboxylic acids is 1. The van der Waals surface area contributed by atoms with E-state index < -0.39 is 5.97 Å². The van der Waals surface area contributed by atoms with Gasteiger partial charge in [0.2, 0.25) is 0 Å². The van der Waals surface area contributed by atoms with E-state index in [0.717, 1.165) is 6.92 Å². The van der Waals surface area contributed by atoms with Crippen molar-refractivity contribution in [2.45, 2.75) is 34.6 Å². The Morgan fingerprint density at radius 1 is 1.07 bits per heavy atom. The van der Waals surface area contributed by atoms with E-state index in [-0.39, 0.29) is 33.2 Å². The van der Waals surface area contributed by atoms with Gasteiger partial charge in [-0.05, 0) is 0 Å². The van der Waals surface area contributed by atoms with Crippen molar-refractivity contribution in [1.29, 1.82) is 0 Å². The number of rotatable bonds is 2. The Kier molecular flexibility index (Phi) is 7.91. The molecule has 0 aliphatic carbocycles. The average Bonchev–Trinajstić information content (AvgIpc) is 1.81. The Morgan fingerprint density at radius 2 is 1.36 bits per heavy atom. The predicted octanol–water partition coefficient (Wildman–Crippen LogP) is 1.28. The van der Waals surface area contributed by atoms with Gasteiger partial charge < -0.3 is 5.11 Å². The van der Waals surface area contributed by atoms with Crippen molar-refractivity contribution < 1.29 is 39.2 Å². The Labute approximate surface area is 93.4 Å². The summed E-state index contributed by atoms with van der Waals surface area (Å²) in [5.41, 5.74) is -0.356. The van der Waals surface area contributed by atoms with Crippen LogP contribution in [0.5, 0.6) is 0 Å². The first-order valence-corrected chi connectivity index (χ1v) is 5.37. The molecule has 0 saturated heterocycles. The normalized spacial score (nSPS) is 10.1. The molecule has 0 fully saturated rings. The van der Waals surface area contributed by atoms with E-state index >= 15 is 0 Å². The molecule has 14 heavy (non-hydrogen) atoms. The average molecular weight is 296 g/mol. The summed E-state index contributed by atoms with van der Waals surface area (Å²) in [6.07, 6.45) is 0. The fourth-order valence-electron chi connectivity index (χ4n) is 0.209. The molecule has 0 heterocycles. The van der Waals surface area contributed by atoms with Crippen molar-refractivity contribution in [2.75, 3.05) is 0 Å². The quantitative estimate of drug-likeness (QED) is 0.779. The van der Waals surface area contributed by atoms with Crippen LogP contribution >= 0.6 is 0 Å². The van der Waals surface area contributed by atoms with Gasteiger partial charge in [-0.3, -0.25) is 4.79 Å². The van der Waals surface area contributed by atoms with Crippen molar-refractivity contribution in [1.82, 2.24) is 0 Å². The molecule has 87 valence electrons. The molecule has 1 N–H and O–H groups in total. The van der Waals surface area contributed by atoms with Crippen molar-refractivity contribution in [2.24, 2.45) is 5.41 Å². The summed E-state index contributed by atoms with van der Waals surface area (Å²) in [4.78, 5) is 30.6. The molecule has 0 aromatic heterocycles. The van der Waals surface area contributed by atoms with E-state index in [1.165, 1.54) is 6.92 Å². The van der Waals surface area contributed by atoms with E-state index in [0.29, 0.717) is 0 Å². The second-order valence-corrected chi connectivity index (χ2v) is 5.59. The molecular weight excluding hydrogens is 280 g/mol. The van der Waals surface area contributed by atoms with E-state index in [9.17, 15) is 9.59 Å². The van der Waals surface area contributed by atoms with Gasteiger partial charge in [0.15, 0.2) is 0 Å². The van der Waals surface area contributed by atoms with Crippen molar-refractivity contribution in [3.05, 3.63) is 0 Å². The number of carbonyl (C=O) groups excluding carboxylic acids is 2. The molecule has 0 rings (SSSR count). The third kappa shape index (κ3) is 14.1. The molecule has 0 aliphatic rings. The summed E-state index contributed by atoms with van der Waals surface area (Å²) in [6.45, 7) is 8.01. The third-order valence-electron chi connectivity index (χ3n) is 0.707. The Balaban J connectivity index is 0. The molecule has 0 bridgehead atoms. The first-order valence-electron chi connectivity index (χ1n) is 3.89. The zero-order chi connectivity index (χ0) is 11.9. The van der Waals surface area contributed by atoms with E-state index in [2.05, 4.69) is 0 Å². The van der Waals surface area contributed by atoms with Crippen LogP contribution in [-0.2, 0) is 34.1 Å². The van der Waals surface area contributed by atoms with E-state index in [4.69, 9.17) is 9.90 Å². The van der Waals surface area contributed by atoms with Gasteiger partial charge in [0.1, 0.15) is 0 Å². The van der Waals surface area contributed by atoms with Gasteiger partial charge in [0, 0.05) is 6.92 Å². The van der Waals surface area contributed by atoms with Crippen LogP contribution in [0.2, 0.25) is 0 Å². The minimum atomic E-state index is -0.833. The van der Waals surface area contributed by atoms with Crippen LogP contribution in [0.15, 0.2) is 0 Å². The summed E-state index contributed by atoms with van der Waals surface area (Å²) in [7, 11) is 0. The van der Waals surface area contributed by atoms with Gasteiger partial charge in [-0.2, -0.15) is 0 Å². The van der Waals surface area contributed by atoms with Gasteiger partial charge in [0.25, 0.3) is 5.97 Å². The molecular formula is C9H16AgO4. The Hall–Kier alpha value is -0.450. The first kappa shape index (κ1) is 16.0. The number of hydrogen-bond donors (Lipinski definition) is 1. The second-order valence-electron chi connectivity index (χ2n) is 3.50. The van der Waals surface area contributed by atoms with Gasteiger partial charge in [-0.25, -0.2) is 0 Å². The first-order chi connectivity index (χ1) is 6.07. The van der Waals surface area contributed by atoms with Crippen LogP contribution < -0.4 is 0 Å². The van der Waals surface area contributed by atoms with Crippen molar-refractivity contribution in [3.8, 4) is 0 Å². The molecule has 0 radical (unpaired) electrons. The second kappa shape index (κ2) is 6.92. The van der Waals surface area contributed by atoms with Crippen LogP contribution in [0, 0.1) is 5.41 Å². The summed E-state index contributed by atoms with van der Waals surface area (Å²) in [5, 5.41) is 7.42. The minimum absolute atomic E-state index is 0.0256. The maximum atomic E-state index is 11.1. The maximum absolute atomic E-state index is 11.1. The zero-order valence-corrected chi connectivity index (χ0v) is 10.5. The van der Waals surface area contributed by atoms with Gasteiger partial charge >= 0.3 is 70.5 Å². The number of carboxylic acid groups (broad SMARTS) is 1. The van der Waals surface area contributed by atoms with Gasteiger partial charge in [-0.1, -0.05) is 0 Å². The summed E-state index contributed by atoms with van der Waals surface area (Å²) in [5.74, 6) is -0.833. The molecule has 5 heteroatoms. The zero-order valence-electron chi connectivity index (χ0n) is 8.97. The standard InChI is InChI=1S/C5H9O.C2H4O2.C2H3O.Ag/c1-5(2,3)4-6;1-2(3)4;1-2-3;/h1-3H3;1H3,(H,3,4);1H3;.